The van der Waals surface area contributed by atoms with Crippen LogP contribution in [0.3, 0.4) is 0 Å². The van der Waals surface area contributed by atoms with E-state index in [1.807, 2.05) is 0 Å². The number of carbonyl (C=O) groups is 1. The van der Waals surface area contributed by atoms with Crippen molar-refractivity contribution in [1.29, 1.82) is 0 Å². The van der Waals surface area contributed by atoms with Crippen LogP contribution in [0.25, 0.3) is 0 Å². The number of esters is 1. The van der Waals surface area contributed by atoms with Gasteiger partial charge in [-0.15, -0.1) is 0 Å². The Bertz CT molecular complexity index is 413. The Labute approximate surface area is 123 Å². The monoisotopic (exact) mass is 276 g/mol. The van der Waals surface area contributed by atoms with Gasteiger partial charge in [0.05, 0.1) is 0 Å². The van der Waals surface area contributed by atoms with E-state index in [4.69, 9.17) is 4.74 Å². The first-order chi connectivity index (χ1) is 9.24. The SMILES string of the molecule is C=C(C)C(=O)OC1(C(C)(C)C)C2CC3CC(C2)CC1C3. The van der Waals surface area contributed by atoms with E-state index in [-0.39, 0.29) is 17.0 Å². The number of rotatable bonds is 2. The molecule has 4 aliphatic carbocycles. The molecule has 2 heteroatoms. The zero-order valence-electron chi connectivity index (χ0n) is 13.4. The van der Waals surface area contributed by atoms with Crippen LogP contribution in [0.15, 0.2) is 12.2 Å². The number of hydrogen-bond donors (Lipinski definition) is 0. The summed E-state index contributed by atoms with van der Waals surface area (Å²) in [6.45, 7) is 12.3. The van der Waals surface area contributed by atoms with Crippen LogP contribution in [-0.2, 0) is 9.53 Å². The average Bonchev–Trinajstić information content (AvgIpc) is 2.30. The third kappa shape index (κ3) is 1.87. The first kappa shape index (κ1) is 14.2. The van der Waals surface area contributed by atoms with Crippen molar-refractivity contribution in [3.05, 3.63) is 12.2 Å². The molecule has 4 fully saturated rings. The highest BCUT2D eigenvalue weighted by atomic mass is 16.6. The van der Waals surface area contributed by atoms with Crippen molar-refractivity contribution in [2.24, 2.45) is 29.1 Å². The van der Waals surface area contributed by atoms with Gasteiger partial charge in [0, 0.05) is 22.8 Å². The van der Waals surface area contributed by atoms with E-state index in [2.05, 4.69) is 27.4 Å². The van der Waals surface area contributed by atoms with E-state index >= 15 is 0 Å². The molecule has 0 amide bonds. The second kappa shape index (κ2) is 4.35. The molecule has 4 rings (SSSR count). The summed E-state index contributed by atoms with van der Waals surface area (Å²) in [6.07, 6.45) is 6.45. The molecule has 0 saturated heterocycles. The number of hydrogen-bond acceptors (Lipinski definition) is 2. The Morgan fingerprint density at radius 1 is 1.05 bits per heavy atom. The highest BCUT2D eigenvalue weighted by molar-refractivity contribution is 5.87. The van der Waals surface area contributed by atoms with Crippen molar-refractivity contribution in [3.8, 4) is 0 Å². The molecule has 0 unspecified atom stereocenters. The molecule has 4 bridgehead atoms. The van der Waals surface area contributed by atoms with Gasteiger partial charge in [-0.3, -0.25) is 0 Å². The van der Waals surface area contributed by atoms with Gasteiger partial charge in [0.15, 0.2) is 0 Å². The molecule has 0 heterocycles. The lowest BCUT2D eigenvalue weighted by Gasteiger charge is -2.64. The first-order valence-electron chi connectivity index (χ1n) is 8.13. The van der Waals surface area contributed by atoms with Gasteiger partial charge in [0.2, 0.25) is 0 Å². The molecular weight excluding hydrogens is 248 g/mol. The van der Waals surface area contributed by atoms with Crippen molar-refractivity contribution >= 4 is 5.97 Å². The largest absolute Gasteiger partial charge is 0.455 e. The van der Waals surface area contributed by atoms with Crippen LogP contribution in [0.4, 0.5) is 0 Å². The van der Waals surface area contributed by atoms with Gasteiger partial charge >= 0.3 is 5.97 Å². The normalized spacial score (nSPS) is 42.6. The summed E-state index contributed by atoms with van der Waals surface area (Å²) in [5.41, 5.74) is 0.263. The van der Waals surface area contributed by atoms with Gasteiger partial charge in [-0.05, 0) is 50.9 Å². The van der Waals surface area contributed by atoms with Crippen molar-refractivity contribution < 1.29 is 9.53 Å². The average molecular weight is 276 g/mol. The van der Waals surface area contributed by atoms with E-state index < -0.39 is 0 Å². The van der Waals surface area contributed by atoms with E-state index in [1.165, 1.54) is 32.1 Å². The highest BCUT2D eigenvalue weighted by Gasteiger charge is 2.64. The molecular formula is C18H28O2. The maximum atomic E-state index is 12.3. The van der Waals surface area contributed by atoms with Gasteiger partial charge in [-0.2, -0.15) is 0 Å². The summed E-state index contributed by atoms with van der Waals surface area (Å²) in [7, 11) is 0. The van der Waals surface area contributed by atoms with Gasteiger partial charge in [-0.1, -0.05) is 27.4 Å². The third-order valence-corrected chi connectivity index (χ3v) is 6.13. The van der Waals surface area contributed by atoms with Crippen LogP contribution in [0, 0.1) is 29.1 Å². The quantitative estimate of drug-likeness (QED) is 0.554. The second-order valence-corrected chi connectivity index (χ2v) is 8.52. The molecule has 20 heavy (non-hydrogen) atoms. The predicted octanol–water partition coefficient (Wildman–Crippen LogP) is 4.35. The van der Waals surface area contributed by atoms with Crippen molar-refractivity contribution in [3.63, 3.8) is 0 Å². The van der Waals surface area contributed by atoms with Crippen molar-refractivity contribution in [1.82, 2.24) is 0 Å². The van der Waals surface area contributed by atoms with Crippen LogP contribution in [-0.4, -0.2) is 11.6 Å². The lowest BCUT2D eigenvalue weighted by molar-refractivity contribution is -0.241. The lowest BCUT2D eigenvalue weighted by Crippen LogP contribution is -2.65. The summed E-state index contributed by atoms with van der Waals surface area (Å²) >= 11 is 0. The summed E-state index contributed by atoms with van der Waals surface area (Å²) < 4.78 is 6.20. The minimum atomic E-state index is -0.267. The Kier molecular flexibility index (Phi) is 3.08. The minimum absolute atomic E-state index is 0.000718. The van der Waals surface area contributed by atoms with E-state index in [0.717, 1.165) is 11.8 Å². The number of ether oxygens (including phenoxy) is 1. The van der Waals surface area contributed by atoms with Crippen LogP contribution in [0.1, 0.15) is 59.8 Å². The molecule has 112 valence electrons. The Morgan fingerprint density at radius 2 is 1.50 bits per heavy atom. The number of carbonyl (C=O) groups excluding carboxylic acids is 1. The molecule has 0 radical (unpaired) electrons. The van der Waals surface area contributed by atoms with Gasteiger partial charge in [0.1, 0.15) is 5.60 Å². The van der Waals surface area contributed by atoms with Crippen LogP contribution in [0.2, 0.25) is 0 Å². The molecule has 0 atom stereocenters. The fourth-order valence-corrected chi connectivity index (χ4v) is 5.67. The Balaban J connectivity index is 1.99. The smallest absolute Gasteiger partial charge is 0.333 e. The standard InChI is InChI=1S/C18H28O2/c1-11(2)16(19)20-18(17(3,4)5)14-7-12-6-13(9-14)10-15(18)8-12/h12-15H,1,6-10H2,2-5H3. The fraction of sp³-hybridized carbons (Fsp3) is 0.833. The third-order valence-electron chi connectivity index (χ3n) is 6.13. The molecule has 4 saturated carbocycles. The second-order valence-electron chi connectivity index (χ2n) is 8.52. The highest BCUT2D eigenvalue weighted by Crippen LogP contribution is 2.64. The van der Waals surface area contributed by atoms with E-state index in [0.29, 0.717) is 17.4 Å². The molecule has 0 aromatic heterocycles. The molecule has 0 aromatic carbocycles. The van der Waals surface area contributed by atoms with Crippen molar-refractivity contribution in [2.75, 3.05) is 0 Å². The summed E-state index contributed by atoms with van der Waals surface area (Å²) in [6, 6.07) is 0. The predicted molar refractivity (Wildman–Crippen MR) is 80.1 cm³/mol. The maximum absolute atomic E-state index is 12.3. The molecule has 4 aliphatic rings. The van der Waals surface area contributed by atoms with Crippen LogP contribution < -0.4 is 0 Å². The first-order valence-corrected chi connectivity index (χ1v) is 8.13. The van der Waals surface area contributed by atoms with Gasteiger partial charge < -0.3 is 4.74 Å². The zero-order valence-corrected chi connectivity index (χ0v) is 13.4. The molecule has 0 spiro atoms. The fourth-order valence-electron chi connectivity index (χ4n) is 5.67. The summed E-state index contributed by atoms with van der Waals surface area (Å²) in [5, 5.41) is 0. The zero-order chi connectivity index (χ0) is 14.7. The molecule has 0 aliphatic heterocycles. The molecule has 2 nitrogen and oxygen atoms in total. The van der Waals surface area contributed by atoms with Crippen molar-refractivity contribution in [2.45, 2.75) is 65.4 Å². The summed E-state index contributed by atoms with van der Waals surface area (Å²) in [4.78, 5) is 12.3. The van der Waals surface area contributed by atoms with Gasteiger partial charge in [-0.25, -0.2) is 4.79 Å². The minimum Gasteiger partial charge on any atom is -0.455 e. The molecule has 0 aromatic rings. The Morgan fingerprint density at radius 3 is 1.85 bits per heavy atom. The van der Waals surface area contributed by atoms with Crippen LogP contribution >= 0.6 is 0 Å². The lowest BCUT2D eigenvalue weighted by atomic mass is 9.45. The van der Waals surface area contributed by atoms with Gasteiger partial charge in [0.25, 0.3) is 0 Å². The topological polar surface area (TPSA) is 26.3 Å². The molecule has 0 N–H and O–H groups in total. The van der Waals surface area contributed by atoms with E-state index in [1.54, 1.807) is 6.92 Å². The Hall–Kier alpha value is -0.790. The van der Waals surface area contributed by atoms with Crippen LogP contribution in [0.5, 0.6) is 0 Å². The summed E-state index contributed by atoms with van der Waals surface area (Å²) in [5.74, 6) is 2.70. The maximum Gasteiger partial charge on any atom is 0.333 e. The van der Waals surface area contributed by atoms with E-state index in [9.17, 15) is 4.79 Å².